The first-order chi connectivity index (χ1) is 7.08. The summed E-state index contributed by atoms with van der Waals surface area (Å²) in [4.78, 5) is 4.33. The monoisotopic (exact) mass is 262 g/mol. The van der Waals surface area contributed by atoms with E-state index in [4.69, 9.17) is 34.8 Å². The Hall–Kier alpha value is -0.440. The summed E-state index contributed by atoms with van der Waals surface area (Å²) < 4.78 is 0. The van der Waals surface area contributed by atoms with Crippen LogP contribution in [0.15, 0.2) is 17.1 Å². The number of nitrogens with zero attached hydrogens (tertiary/aromatic N) is 1. The van der Waals surface area contributed by atoms with Crippen molar-refractivity contribution in [1.82, 2.24) is 5.32 Å². The molecule has 2 rings (SSSR count). The van der Waals surface area contributed by atoms with Gasteiger partial charge in [-0.15, -0.1) is 0 Å². The molecule has 1 atom stereocenters. The minimum absolute atomic E-state index is 0.322. The second-order valence-electron chi connectivity index (χ2n) is 3.48. The highest BCUT2D eigenvalue weighted by molar-refractivity contribution is 6.42. The summed E-state index contributed by atoms with van der Waals surface area (Å²) in [5.74, 6) is 0.745. The molecular weight excluding hydrogens is 254 g/mol. The SMILES string of the molecule is CC1CN=C(c2c(Cl)cc(Cl)cc2Cl)N1. The van der Waals surface area contributed by atoms with E-state index in [1.54, 1.807) is 12.1 Å². The third-order valence-corrected chi connectivity index (χ3v) is 2.96. The van der Waals surface area contributed by atoms with Crippen LogP contribution >= 0.6 is 34.8 Å². The quantitative estimate of drug-likeness (QED) is 0.825. The number of amidine groups is 1. The zero-order valence-corrected chi connectivity index (χ0v) is 10.3. The maximum atomic E-state index is 6.07. The van der Waals surface area contributed by atoms with Gasteiger partial charge in [-0.2, -0.15) is 0 Å². The first-order valence-electron chi connectivity index (χ1n) is 4.54. The van der Waals surface area contributed by atoms with Crippen molar-refractivity contribution in [2.75, 3.05) is 6.54 Å². The summed E-state index contributed by atoms with van der Waals surface area (Å²) in [6.45, 7) is 2.79. The van der Waals surface area contributed by atoms with Crippen LogP contribution in [-0.4, -0.2) is 18.4 Å². The summed E-state index contributed by atoms with van der Waals surface area (Å²) >= 11 is 18.0. The number of hydrogen-bond acceptors (Lipinski definition) is 2. The Morgan fingerprint density at radius 3 is 2.33 bits per heavy atom. The van der Waals surface area contributed by atoms with Crippen molar-refractivity contribution in [2.24, 2.45) is 4.99 Å². The molecule has 1 N–H and O–H groups in total. The predicted molar refractivity (Wildman–Crippen MR) is 65.5 cm³/mol. The van der Waals surface area contributed by atoms with Crippen LogP contribution in [0.2, 0.25) is 15.1 Å². The van der Waals surface area contributed by atoms with E-state index in [0.717, 1.165) is 17.9 Å². The van der Waals surface area contributed by atoms with E-state index in [1.165, 1.54) is 0 Å². The van der Waals surface area contributed by atoms with Gasteiger partial charge >= 0.3 is 0 Å². The summed E-state index contributed by atoms with van der Waals surface area (Å²) in [6.07, 6.45) is 0. The van der Waals surface area contributed by atoms with E-state index in [0.29, 0.717) is 21.1 Å². The van der Waals surface area contributed by atoms with E-state index >= 15 is 0 Å². The Morgan fingerprint density at radius 2 is 1.87 bits per heavy atom. The van der Waals surface area contributed by atoms with Crippen LogP contribution in [0.5, 0.6) is 0 Å². The van der Waals surface area contributed by atoms with Crippen molar-refractivity contribution in [3.05, 3.63) is 32.8 Å². The molecule has 1 aromatic carbocycles. The molecule has 0 bridgehead atoms. The summed E-state index contributed by atoms with van der Waals surface area (Å²) in [5.41, 5.74) is 0.729. The maximum Gasteiger partial charge on any atom is 0.131 e. The standard InChI is InChI=1S/C10H9Cl3N2/c1-5-4-14-10(15-5)9-7(12)2-6(11)3-8(9)13/h2-3,5H,4H2,1H3,(H,14,15). The van der Waals surface area contributed by atoms with Gasteiger partial charge in [-0.05, 0) is 19.1 Å². The zero-order valence-electron chi connectivity index (χ0n) is 8.02. The molecule has 1 aromatic rings. The molecule has 0 saturated heterocycles. The molecule has 0 radical (unpaired) electrons. The number of benzene rings is 1. The Morgan fingerprint density at radius 1 is 1.27 bits per heavy atom. The van der Waals surface area contributed by atoms with E-state index < -0.39 is 0 Å². The Balaban J connectivity index is 2.45. The van der Waals surface area contributed by atoms with Crippen LogP contribution in [0.1, 0.15) is 12.5 Å². The lowest BCUT2D eigenvalue weighted by molar-refractivity contribution is 0.726. The normalized spacial score (nSPS) is 20.0. The maximum absolute atomic E-state index is 6.07. The smallest absolute Gasteiger partial charge is 0.131 e. The molecule has 5 heteroatoms. The molecule has 1 aliphatic rings. The van der Waals surface area contributed by atoms with E-state index in [1.807, 2.05) is 6.92 Å². The molecule has 1 unspecified atom stereocenters. The Bertz CT molecular complexity index is 406. The van der Waals surface area contributed by atoms with Gasteiger partial charge in [-0.1, -0.05) is 34.8 Å². The van der Waals surface area contributed by atoms with Gasteiger partial charge in [0.2, 0.25) is 0 Å². The van der Waals surface area contributed by atoms with Crippen molar-refractivity contribution in [3.8, 4) is 0 Å². The molecule has 80 valence electrons. The molecule has 0 fully saturated rings. The predicted octanol–water partition coefficient (Wildman–Crippen LogP) is 3.39. The molecule has 1 aliphatic heterocycles. The lowest BCUT2D eigenvalue weighted by atomic mass is 10.2. The van der Waals surface area contributed by atoms with Crippen molar-refractivity contribution >= 4 is 40.6 Å². The van der Waals surface area contributed by atoms with Crippen LogP contribution in [0, 0.1) is 0 Å². The highest BCUT2D eigenvalue weighted by atomic mass is 35.5. The van der Waals surface area contributed by atoms with Gasteiger partial charge < -0.3 is 5.32 Å². The zero-order chi connectivity index (χ0) is 11.0. The van der Waals surface area contributed by atoms with Crippen LogP contribution in [-0.2, 0) is 0 Å². The second-order valence-corrected chi connectivity index (χ2v) is 4.73. The van der Waals surface area contributed by atoms with Crippen molar-refractivity contribution in [3.63, 3.8) is 0 Å². The number of nitrogens with one attached hydrogen (secondary N) is 1. The number of rotatable bonds is 1. The first kappa shape index (κ1) is 11.1. The summed E-state index contributed by atoms with van der Waals surface area (Å²) in [7, 11) is 0. The second kappa shape index (κ2) is 4.20. The average molecular weight is 264 g/mol. The van der Waals surface area contributed by atoms with Gasteiger partial charge in [0, 0.05) is 11.1 Å². The first-order valence-corrected chi connectivity index (χ1v) is 5.67. The minimum atomic E-state index is 0.322. The Labute approximate surface area is 103 Å². The molecule has 15 heavy (non-hydrogen) atoms. The molecule has 0 spiro atoms. The van der Waals surface area contributed by atoms with Gasteiger partial charge in [0.05, 0.1) is 22.2 Å². The number of hydrogen-bond donors (Lipinski definition) is 1. The fourth-order valence-electron chi connectivity index (χ4n) is 1.47. The van der Waals surface area contributed by atoms with E-state index in [-0.39, 0.29) is 0 Å². The van der Waals surface area contributed by atoms with Crippen LogP contribution in [0.25, 0.3) is 0 Å². The number of aliphatic imine (C=N–C) groups is 1. The van der Waals surface area contributed by atoms with Gasteiger partial charge in [0.1, 0.15) is 5.84 Å². The lowest BCUT2D eigenvalue weighted by Crippen LogP contribution is -2.28. The molecular formula is C10H9Cl3N2. The van der Waals surface area contributed by atoms with Gasteiger partial charge in [0.25, 0.3) is 0 Å². The highest BCUT2D eigenvalue weighted by Gasteiger charge is 2.19. The minimum Gasteiger partial charge on any atom is -0.365 e. The van der Waals surface area contributed by atoms with Crippen molar-refractivity contribution in [2.45, 2.75) is 13.0 Å². The van der Waals surface area contributed by atoms with Crippen LogP contribution in [0.4, 0.5) is 0 Å². The molecule has 0 aromatic heterocycles. The van der Waals surface area contributed by atoms with Crippen molar-refractivity contribution in [1.29, 1.82) is 0 Å². The topological polar surface area (TPSA) is 24.4 Å². The van der Waals surface area contributed by atoms with E-state index in [2.05, 4.69) is 10.3 Å². The summed E-state index contributed by atoms with van der Waals surface area (Å²) in [6, 6.07) is 3.65. The fraction of sp³-hybridized carbons (Fsp3) is 0.300. The summed E-state index contributed by atoms with van der Waals surface area (Å²) in [5, 5.41) is 4.78. The van der Waals surface area contributed by atoms with Crippen LogP contribution < -0.4 is 5.32 Å². The fourth-order valence-corrected chi connectivity index (χ4v) is 2.47. The highest BCUT2D eigenvalue weighted by Crippen LogP contribution is 2.29. The largest absolute Gasteiger partial charge is 0.365 e. The molecule has 1 heterocycles. The molecule has 0 saturated carbocycles. The average Bonchev–Trinajstić information content (AvgIpc) is 2.49. The van der Waals surface area contributed by atoms with E-state index in [9.17, 15) is 0 Å². The third-order valence-electron chi connectivity index (χ3n) is 2.15. The van der Waals surface area contributed by atoms with Gasteiger partial charge in [-0.25, -0.2) is 0 Å². The van der Waals surface area contributed by atoms with Crippen molar-refractivity contribution < 1.29 is 0 Å². The molecule has 0 aliphatic carbocycles. The van der Waals surface area contributed by atoms with Crippen LogP contribution in [0.3, 0.4) is 0 Å². The lowest BCUT2D eigenvalue weighted by Gasteiger charge is -2.10. The Kier molecular flexibility index (Phi) is 3.10. The molecule has 2 nitrogen and oxygen atoms in total. The third kappa shape index (κ3) is 2.22. The van der Waals surface area contributed by atoms with Gasteiger partial charge in [-0.3, -0.25) is 4.99 Å². The number of halogens is 3. The van der Waals surface area contributed by atoms with Gasteiger partial charge in [0.15, 0.2) is 0 Å². The molecule has 0 amide bonds.